The van der Waals surface area contributed by atoms with Crippen molar-refractivity contribution in [1.29, 1.82) is 0 Å². The van der Waals surface area contributed by atoms with E-state index in [0.717, 1.165) is 41.6 Å². The predicted octanol–water partition coefficient (Wildman–Crippen LogP) is 3.65. The molecule has 2 N–H and O–H groups in total. The first kappa shape index (κ1) is 15.7. The standard InChI is InChI=1S/C20H25N3OS/c24-18-17(6-7-21-16-4-2-1-3-5-16)25-19(22-18)23-20-11-13-8-14(12-20)10-15(20)9-13/h1-5,13-15,17,21H,6-12H2,(H,22,23,24). The third kappa shape index (κ3) is 2.86. The minimum Gasteiger partial charge on any atom is -0.385 e. The van der Waals surface area contributed by atoms with Gasteiger partial charge in [0.25, 0.3) is 5.91 Å². The van der Waals surface area contributed by atoms with Crippen LogP contribution in [0.15, 0.2) is 35.3 Å². The lowest BCUT2D eigenvalue weighted by Crippen LogP contribution is -2.48. The summed E-state index contributed by atoms with van der Waals surface area (Å²) in [5.74, 6) is 2.68. The summed E-state index contributed by atoms with van der Waals surface area (Å²) in [6.45, 7) is 0.800. The molecule has 4 nitrogen and oxygen atoms in total. The number of para-hydroxylation sites is 1. The zero-order valence-electron chi connectivity index (χ0n) is 14.4. The van der Waals surface area contributed by atoms with Crippen LogP contribution >= 0.6 is 11.8 Å². The number of anilines is 1. The van der Waals surface area contributed by atoms with Gasteiger partial charge in [0.1, 0.15) is 0 Å². The van der Waals surface area contributed by atoms with Gasteiger partial charge in [-0.1, -0.05) is 30.0 Å². The molecule has 1 heterocycles. The van der Waals surface area contributed by atoms with Crippen molar-refractivity contribution < 1.29 is 4.79 Å². The fraction of sp³-hybridized carbons (Fsp3) is 0.600. The van der Waals surface area contributed by atoms with Crippen molar-refractivity contribution in [3.8, 4) is 0 Å². The number of carbonyl (C=O) groups is 1. The number of amides is 1. The Bertz CT molecular complexity index is 690. The fourth-order valence-corrected chi connectivity index (χ4v) is 6.80. The first-order chi connectivity index (χ1) is 12.2. The first-order valence-electron chi connectivity index (χ1n) is 9.56. The van der Waals surface area contributed by atoms with Gasteiger partial charge in [-0.25, -0.2) is 0 Å². The Morgan fingerprint density at radius 3 is 2.64 bits per heavy atom. The van der Waals surface area contributed by atoms with Crippen molar-refractivity contribution in [3.05, 3.63) is 30.3 Å². The van der Waals surface area contributed by atoms with E-state index in [0.29, 0.717) is 0 Å². The van der Waals surface area contributed by atoms with Crippen LogP contribution in [-0.4, -0.2) is 28.4 Å². The molecule has 0 saturated heterocycles. The average molecular weight is 356 g/mol. The molecule has 5 heteroatoms. The zero-order chi connectivity index (χ0) is 16.9. The zero-order valence-corrected chi connectivity index (χ0v) is 15.2. The van der Waals surface area contributed by atoms with Gasteiger partial charge >= 0.3 is 0 Å². The molecule has 4 fully saturated rings. The lowest BCUT2D eigenvalue weighted by atomic mass is 9.80. The van der Waals surface area contributed by atoms with Crippen molar-refractivity contribution in [1.82, 2.24) is 5.32 Å². The third-order valence-electron chi connectivity index (χ3n) is 6.60. The van der Waals surface area contributed by atoms with Crippen LogP contribution in [0.5, 0.6) is 0 Å². The van der Waals surface area contributed by atoms with E-state index < -0.39 is 0 Å². The second-order valence-corrected chi connectivity index (χ2v) is 9.46. The van der Waals surface area contributed by atoms with E-state index in [4.69, 9.17) is 0 Å². The predicted molar refractivity (Wildman–Crippen MR) is 103 cm³/mol. The van der Waals surface area contributed by atoms with Crippen molar-refractivity contribution in [2.45, 2.75) is 49.3 Å². The van der Waals surface area contributed by atoms with Gasteiger partial charge in [0, 0.05) is 17.8 Å². The second kappa shape index (κ2) is 6.04. The van der Waals surface area contributed by atoms with E-state index in [1.54, 1.807) is 11.8 Å². The SMILES string of the molecule is O=C1N=C(NC23CC4CC(CC2C4)C3)SC1CCNc1ccccc1. The van der Waals surface area contributed by atoms with Gasteiger partial charge in [-0.15, -0.1) is 0 Å². The van der Waals surface area contributed by atoms with Gasteiger partial charge in [0.2, 0.25) is 0 Å². The number of nitrogens with one attached hydrogen (secondary N) is 2. The molecule has 0 spiro atoms. The summed E-state index contributed by atoms with van der Waals surface area (Å²) in [6, 6.07) is 10.2. The number of hydrogen-bond acceptors (Lipinski definition) is 4. The van der Waals surface area contributed by atoms with E-state index >= 15 is 0 Å². The highest BCUT2D eigenvalue weighted by Crippen LogP contribution is 2.60. The third-order valence-corrected chi connectivity index (χ3v) is 7.73. The highest BCUT2D eigenvalue weighted by atomic mass is 32.2. The van der Waals surface area contributed by atoms with Gasteiger partial charge in [0.15, 0.2) is 5.17 Å². The molecule has 3 unspecified atom stereocenters. The van der Waals surface area contributed by atoms with Gasteiger partial charge in [0.05, 0.1) is 5.25 Å². The molecule has 132 valence electrons. The molecule has 6 rings (SSSR count). The van der Waals surface area contributed by atoms with Crippen molar-refractivity contribution in [2.24, 2.45) is 22.7 Å². The Morgan fingerprint density at radius 1 is 1.12 bits per heavy atom. The molecule has 4 aliphatic carbocycles. The molecule has 4 bridgehead atoms. The van der Waals surface area contributed by atoms with Crippen molar-refractivity contribution >= 4 is 28.5 Å². The number of amidine groups is 1. The maximum absolute atomic E-state index is 12.3. The van der Waals surface area contributed by atoms with Gasteiger partial charge in [-0.2, -0.15) is 4.99 Å². The summed E-state index contributed by atoms with van der Waals surface area (Å²) in [4.78, 5) is 16.6. The van der Waals surface area contributed by atoms with Gasteiger partial charge in [-0.05, 0) is 68.4 Å². The van der Waals surface area contributed by atoms with Crippen molar-refractivity contribution in [3.63, 3.8) is 0 Å². The summed E-state index contributed by atoms with van der Waals surface area (Å²) < 4.78 is 0. The lowest BCUT2D eigenvalue weighted by Gasteiger charge is -2.34. The molecule has 1 aromatic rings. The summed E-state index contributed by atoms with van der Waals surface area (Å²) >= 11 is 1.65. The van der Waals surface area contributed by atoms with Crippen LogP contribution in [0.1, 0.15) is 38.5 Å². The smallest absolute Gasteiger partial charge is 0.261 e. The average Bonchev–Trinajstić information content (AvgIpc) is 3.14. The minimum absolute atomic E-state index is 0.0362. The summed E-state index contributed by atoms with van der Waals surface area (Å²) in [5, 5.41) is 8.00. The summed E-state index contributed by atoms with van der Waals surface area (Å²) in [5.41, 5.74) is 1.37. The highest BCUT2D eigenvalue weighted by molar-refractivity contribution is 8.15. The maximum atomic E-state index is 12.3. The number of hydrogen-bond donors (Lipinski definition) is 2. The number of rotatable bonds is 5. The molecule has 0 radical (unpaired) electrons. The van der Waals surface area contributed by atoms with Gasteiger partial charge < -0.3 is 10.6 Å². The second-order valence-electron chi connectivity index (χ2n) is 8.27. The first-order valence-corrected chi connectivity index (χ1v) is 10.4. The van der Waals surface area contributed by atoms with Crippen LogP contribution in [-0.2, 0) is 4.79 Å². The number of thioether (sulfide) groups is 1. The Hall–Kier alpha value is -1.49. The topological polar surface area (TPSA) is 53.5 Å². The molecule has 4 saturated carbocycles. The van der Waals surface area contributed by atoms with E-state index in [2.05, 4.69) is 27.8 Å². The van der Waals surface area contributed by atoms with Crippen LogP contribution in [0, 0.1) is 17.8 Å². The largest absolute Gasteiger partial charge is 0.385 e. The van der Waals surface area contributed by atoms with E-state index in [9.17, 15) is 4.79 Å². The maximum Gasteiger partial charge on any atom is 0.261 e. The highest BCUT2D eigenvalue weighted by Gasteiger charge is 2.58. The number of aliphatic imine (C=N–C) groups is 1. The molecule has 1 aromatic carbocycles. The Kier molecular flexibility index (Phi) is 3.81. The van der Waals surface area contributed by atoms with Crippen LogP contribution in [0.25, 0.3) is 0 Å². The van der Waals surface area contributed by atoms with Crippen LogP contribution in [0.2, 0.25) is 0 Å². The minimum atomic E-state index is -0.0362. The fourth-order valence-electron chi connectivity index (χ4n) is 5.74. The molecule has 3 atom stereocenters. The molecule has 25 heavy (non-hydrogen) atoms. The molecular formula is C20H25N3OS. The Morgan fingerprint density at radius 2 is 1.88 bits per heavy atom. The molecule has 5 aliphatic rings. The lowest BCUT2D eigenvalue weighted by molar-refractivity contribution is -0.117. The number of carbonyl (C=O) groups excluding carboxylic acids is 1. The summed E-state index contributed by atoms with van der Waals surface area (Å²) in [7, 11) is 0. The van der Waals surface area contributed by atoms with E-state index in [-0.39, 0.29) is 16.7 Å². The molecule has 0 aromatic heterocycles. The molecule has 1 aliphatic heterocycles. The number of benzene rings is 1. The molecule has 1 amide bonds. The van der Waals surface area contributed by atoms with Crippen LogP contribution in [0.4, 0.5) is 5.69 Å². The Labute approximate surface area is 153 Å². The quantitative estimate of drug-likeness (QED) is 0.846. The van der Waals surface area contributed by atoms with Crippen LogP contribution in [0.3, 0.4) is 0 Å². The van der Waals surface area contributed by atoms with E-state index in [1.165, 1.54) is 32.1 Å². The molecular weight excluding hydrogens is 330 g/mol. The van der Waals surface area contributed by atoms with Gasteiger partial charge in [-0.3, -0.25) is 4.79 Å². The normalized spacial score (nSPS) is 38.2. The summed E-state index contributed by atoms with van der Waals surface area (Å²) in [6.07, 6.45) is 7.62. The van der Waals surface area contributed by atoms with E-state index in [1.807, 2.05) is 18.2 Å². The monoisotopic (exact) mass is 355 g/mol. The van der Waals surface area contributed by atoms with Crippen LogP contribution < -0.4 is 10.6 Å². The number of nitrogens with zero attached hydrogens (tertiary/aromatic N) is 1. The Balaban J connectivity index is 1.16. The van der Waals surface area contributed by atoms with Crippen molar-refractivity contribution in [2.75, 3.05) is 11.9 Å².